The minimum atomic E-state index is -0.158. The maximum atomic E-state index is 13.0. The van der Waals surface area contributed by atoms with Gasteiger partial charge in [0.15, 0.2) is 5.78 Å². The quantitative estimate of drug-likeness (QED) is 0.828. The second-order valence-electron chi connectivity index (χ2n) is 7.21. The van der Waals surface area contributed by atoms with Gasteiger partial charge in [0.1, 0.15) is 5.69 Å². The number of nitrogens with one attached hydrogen (secondary N) is 1. The minimum absolute atomic E-state index is 0.0469. The van der Waals surface area contributed by atoms with Gasteiger partial charge in [-0.1, -0.05) is 0 Å². The number of aryl methyl sites for hydroxylation is 1. The number of H-pyrrole nitrogens is 1. The number of morpholine rings is 1. The van der Waals surface area contributed by atoms with Crippen molar-refractivity contribution >= 4 is 17.6 Å². The molecule has 2 aliphatic rings. The summed E-state index contributed by atoms with van der Waals surface area (Å²) in [6.45, 7) is 8.59. The predicted molar refractivity (Wildman–Crippen MR) is 96.3 cm³/mol. The van der Waals surface area contributed by atoms with Crippen LogP contribution >= 0.6 is 0 Å². The van der Waals surface area contributed by atoms with Gasteiger partial charge in [-0.25, -0.2) is 0 Å². The van der Waals surface area contributed by atoms with E-state index in [0.717, 1.165) is 18.5 Å². The second kappa shape index (κ2) is 7.61. The molecular formula is C19H27N3O4. The van der Waals surface area contributed by atoms with E-state index < -0.39 is 0 Å². The SMILES string of the molecule is CC(=O)c1c(C)[nH]c(C(=O)N2CCCC(C(=O)N3CCOCC3)C2)c1C. The van der Waals surface area contributed by atoms with E-state index in [9.17, 15) is 14.4 Å². The fourth-order valence-corrected chi connectivity index (χ4v) is 4.06. The monoisotopic (exact) mass is 361 g/mol. The summed E-state index contributed by atoms with van der Waals surface area (Å²) in [7, 11) is 0. The Balaban J connectivity index is 1.73. The van der Waals surface area contributed by atoms with Gasteiger partial charge in [0.2, 0.25) is 5.91 Å². The van der Waals surface area contributed by atoms with Crippen molar-refractivity contribution in [2.75, 3.05) is 39.4 Å². The van der Waals surface area contributed by atoms with Crippen molar-refractivity contribution in [3.8, 4) is 0 Å². The molecule has 0 spiro atoms. The second-order valence-corrected chi connectivity index (χ2v) is 7.21. The molecule has 0 aliphatic carbocycles. The number of ketones is 1. The molecule has 26 heavy (non-hydrogen) atoms. The number of aromatic nitrogens is 1. The highest BCUT2D eigenvalue weighted by Gasteiger charge is 2.33. The van der Waals surface area contributed by atoms with Crippen LogP contribution in [0, 0.1) is 19.8 Å². The van der Waals surface area contributed by atoms with Crippen molar-refractivity contribution in [3.63, 3.8) is 0 Å². The predicted octanol–water partition coefficient (Wildman–Crippen LogP) is 1.55. The number of likely N-dealkylation sites (tertiary alicyclic amines) is 1. The van der Waals surface area contributed by atoms with Gasteiger partial charge in [0.25, 0.3) is 5.91 Å². The maximum Gasteiger partial charge on any atom is 0.270 e. The van der Waals surface area contributed by atoms with Gasteiger partial charge in [-0.15, -0.1) is 0 Å². The molecule has 7 nitrogen and oxygen atoms in total. The molecule has 2 aliphatic heterocycles. The number of amides is 2. The van der Waals surface area contributed by atoms with E-state index in [-0.39, 0.29) is 23.5 Å². The third-order valence-corrected chi connectivity index (χ3v) is 5.38. The molecule has 1 aromatic rings. The van der Waals surface area contributed by atoms with Crippen LogP contribution in [0.1, 0.15) is 51.9 Å². The topological polar surface area (TPSA) is 82.7 Å². The van der Waals surface area contributed by atoms with E-state index in [1.54, 1.807) is 11.8 Å². The zero-order valence-electron chi connectivity index (χ0n) is 15.8. The van der Waals surface area contributed by atoms with Crippen molar-refractivity contribution in [1.29, 1.82) is 0 Å². The van der Waals surface area contributed by atoms with Gasteiger partial charge in [-0.2, -0.15) is 0 Å². The number of hydrogen-bond acceptors (Lipinski definition) is 4. The van der Waals surface area contributed by atoms with Crippen LogP contribution in [0.4, 0.5) is 0 Å². The number of carbonyl (C=O) groups is 3. The highest BCUT2D eigenvalue weighted by atomic mass is 16.5. The van der Waals surface area contributed by atoms with Gasteiger partial charge >= 0.3 is 0 Å². The van der Waals surface area contributed by atoms with Gasteiger partial charge < -0.3 is 19.5 Å². The Kier molecular flexibility index (Phi) is 5.46. The van der Waals surface area contributed by atoms with E-state index in [1.165, 1.54) is 6.92 Å². The van der Waals surface area contributed by atoms with E-state index in [2.05, 4.69) is 4.98 Å². The molecular weight excluding hydrogens is 334 g/mol. The number of carbonyl (C=O) groups excluding carboxylic acids is 3. The third-order valence-electron chi connectivity index (χ3n) is 5.38. The normalized spacial score (nSPS) is 21.0. The highest BCUT2D eigenvalue weighted by Crippen LogP contribution is 2.24. The summed E-state index contributed by atoms with van der Waals surface area (Å²) >= 11 is 0. The Hall–Kier alpha value is -2.15. The Morgan fingerprint density at radius 1 is 1.08 bits per heavy atom. The van der Waals surface area contributed by atoms with E-state index in [1.807, 2.05) is 11.8 Å². The van der Waals surface area contributed by atoms with Crippen LogP contribution in [-0.4, -0.2) is 71.8 Å². The summed E-state index contributed by atoms with van der Waals surface area (Å²) in [5, 5.41) is 0. The van der Waals surface area contributed by atoms with E-state index >= 15 is 0 Å². The molecule has 1 aromatic heterocycles. The first-order chi connectivity index (χ1) is 12.4. The lowest BCUT2D eigenvalue weighted by Crippen LogP contribution is -2.49. The molecule has 3 rings (SSSR count). The summed E-state index contributed by atoms with van der Waals surface area (Å²) in [5.41, 5.74) is 2.47. The molecule has 1 atom stereocenters. The maximum absolute atomic E-state index is 13.0. The van der Waals surface area contributed by atoms with Crippen LogP contribution in [-0.2, 0) is 9.53 Å². The lowest BCUT2D eigenvalue weighted by molar-refractivity contribution is -0.141. The van der Waals surface area contributed by atoms with E-state index in [0.29, 0.717) is 56.2 Å². The van der Waals surface area contributed by atoms with Gasteiger partial charge in [0.05, 0.1) is 19.1 Å². The molecule has 2 saturated heterocycles. The average Bonchev–Trinajstić information content (AvgIpc) is 2.95. The standard InChI is InChI=1S/C19H27N3O4/c1-12-16(14(3)23)13(2)20-17(12)19(25)22-6-4-5-15(11-22)18(24)21-7-9-26-10-8-21/h15,20H,4-11H2,1-3H3. The molecule has 7 heteroatoms. The molecule has 2 fully saturated rings. The molecule has 1 unspecified atom stereocenters. The molecule has 3 heterocycles. The Bertz CT molecular complexity index is 719. The molecule has 0 aromatic carbocycles. The lowest BCUT2D eigenvalue weighted by atomic mass is 9.95. The number of rotatable bonds is 3. The average molecular weight is 361 g/mol. The number of piperidine rings is 1. The van der Waals surface area contributed by atoms with Gasteiger partial charge in [-0.3, -0.25) is 14.4 Å². The molecule has 0 radical (unpaired) electrons. The number of aromatic amines is 1. The van der Waals surface area contributed by atoms with Crippen LogP contribution in [0.15, 0.2) is 0 Å². The lowest BCUT2D eigenvalue weighted by Gasteiger charge is -2.36. The number of hydrogen-bond donors (Lipinski definition) is 1. The summed E-state index contributed by atoms with van der Waals surface area (Å²) in [4.78, 5) is 44.2. The first-order valence-corrected chi connectivity index (χ1v) is 9.26. The van der Waals surface area contributed by atoms with Crippen molar-refractivity contribution in [2.45, 2.75) is 33.6 Å². The van der Waals surface area contributed by atoms with E-state index in [4.69, 9.17) is 4.74 Å². The minimum Gasteiger partial charge on any atom is -0.378 e. The van der Waals surface area contributed by atoms with Crippen molar-refractivity contribution in [3.05, 3.63) is 22.5 Å². The van der Waals surface area contributed by atoms with Gasteiger partial charge in [0, 0.05) is 37.4 Å². The molecule has 2 amide bonds. The van der Waals surface area contributed by atoms with Crippen molar-refractivity contribution in [2.24, 2.45) is 5.92 Å². The highest BCUT2D eigenvalue weighted by molar-refractivity contribution is 6.02. The number of ether oxygens (including phenoxy) is 1. The van der Waals surface area contributed by atoms with Crippen LogP contribution in [0.2, 0.25) is 0 Å². The number of Topliss-reactive ketones (excluding diaryl/α,β-unsaturated/α-hetero) is 1. The van der Waals surface area contributed by atoms with Crippen LogP contribution < -0.4 is 0 Å². The van der Waals surface area contributed by atoms with Crippen molar-refractivity contribution in [1.82, 2.24) is 14.8 Å². The summed E-state index contributed by atoms with van der Waals surface area (Å²) in [5.74, 6) is -0.212. The molecule has 1 N–H and O–H groups in total. The fourth-order valence-electron chi connectivity index (χ4n) is 4.06. The fraction of sp³-hybridized carbons (Fsp3) is 0.632. The van der Waals surface area contributed by atoms with Crippen LogP contribution in [0.3, 0.4) is 0 Å². The first-order valence-electron chi connectivity index (χ1n) is 9.26. The zero-order valence-corrected chi connectivity index (χ0v) is 15.8. The third kappa shape index (κ3) is 3.53. The largest absolute Gasteiger partial charge is 0.378 e. The smallest absolute Gasteiger partial charge is 0.270 e. The van der Waals surface area contributed by atoms with Crippen LogP contribution in [0.25, 0.3) is 0 Å². The molecule has 142 valence electrons. The molecule has 0 bridgehead atoms. The Labute approximate surface area is 153 Å². The first kappa shape index (κ1) is 18.6. The number of nitrogens with zero attached hydrogens (tertiary/aromatic N) is 2. The summed E-state index contributed by atoms with van der Waals surface area (Å²) in [6, 6.07) is 0. The summed E-state index contributed by atoms with van der Waals surface area (Å²) in [6.07, 6.45) is 1.62. The zero-order chi connectivity index (χ0) is 18.8. The Morgan fingerprint density at radius 3 is 2.38 bits per heavy atom. The Morgan fingerprint density at radius 2 is 1.77 bits per heavy atom. The van der Waals surface area contributed by atoms with Gasteiger partial charge in [-0.05, 0) is 39.2 Å². The van der Waals surface area contributed by atoms with Crippen molar-refractivity contribution < 1.29 is 19.1 Å². The summed E-state index contributed by atoms with van der Waals surface area (Å²) < 4.78 is 5.31. The molecule has 0 saturated carbocycles. The van der Waals surface area contributed by atoms with Crippen LogP contribution in [0.5, 0.6) is 0 Å².